The average Bonchev–Trinajstić information content (AvgIpc) is 2.21. The maximum absolute atomic E-state index is 10.1. The van der Waals surface area contributed by atoms with Crippen molar-refractivity contribution in [1.82, 2.24) is 0 Å². The van der Waals surface area contributed by atoms with Crippen LogP contribution in [-0.2, 0) is 4.74 Å². The molecule has 3 heteroatoms. The minimum absolute atomic E-state index is 0.525. The van der Waals surface area contributed by atoms with Crippen molar-refractivity contribution in [2.75, 3.05) is 7.11 Å². The highest BCUT2D eigenvalue weighted by Crippen LogP contribution is 2.22. The topological polar surface area (TPSA) is 29.5 Å². The van der Waals surface area contributed by atoms with Crippen LogP contribution in [-0.4, -0.2) is 32.0 Å². The Morgan fingerprint density at radius 1 is 1.38 bits per heavy atom. The van der Waals surface area contributed by atoms with E-state index < -0.39 is 19.8 Å². The number of methoxy groups -OCH3 is 1. The molecule has 0 aromatic rings. The Labute approximate surface area is 101 Å². The van der Waals surface area contributed by atoms with Crippen molar-refractivity contribution in [3.63, 3.8) is 0 Å². The molecule has 1 N–H and O–H groups in total. The lowest BCUT2D eigenvalue weighted by atomic mass is 9.93. The Morgan fingerprint density at radius 3 is 2.31 bits per heavy atom. The minimum Gasteiger partial charge on any atom is -0.377 e. The summed E-state index contributed by atoms with van der Waals surface area (Å²) in [5, 5.41) is 10.1. The number of rotatable bonds is 5. The van der Waals surface area contributed by atoms with E-state index in [1.807, 2.05) is 6.92 Å². The fourth-order valence-electron chi connectivity index (χ4n) is 1.32. The molecule has 16 heavy (non-hydrogen) atoms. The van der Waals surface area contributed by atoms with Crippen molar-refractivity contribution in [2.24, 2.45) is 0 Å². The van der Waals surface area contributed by atoms with E-state index in [9.17, 15) is 5.11 Å². The second-order valence-electron chi connectivity index (χ2n) is 5.54. The Kier molecular flexibility index (Phi) is 6.31. The fourth-order valence-corrected chi connectivity index (χ4v) is 1.89. The number of hydrogen-bond donors (Lipinski definition) is 1. The van der Waals surface area contributed by atoms with Crippen LogP contribution in [0.5, 0.6) is 0 Å². The number of hydrogen-bond acceptors (Lipinski definition) is 2. The van der Waals surface area contributed by atoms with E-state index in [1.54, 1.807) is 7.11 Å². The van der Waals surface area contributed by atoms with E-state index in [1.165, 1.54) is 0 Å². The van der Waals surface area contributed by atoms with Crippen molar-refractivity contribution < 1.29 is 9.84 Å². The van der Waals surface area contributed by atoms with Crippen molar-refractivity contribution >= 4 is 8.07 Å². The molecule has 0 aliphatic heterocycles. The van der Waals surface area contributed by atoms with Gasteiger partial charge in [-0.15, -0.1) is 5.54 Å². The zero-order valence-corrected chi connectivity index (χ0v) is 12.6. The van der Waals surface area contributed by atoms with Crippen molar-refractivity contribution in [2.45, 2.75) is 64.5 Å². The highest BCUT2D eigenvalue weighted by molar-refractivity contribution is 6.83. The normalized spacial score (nSPS) is 17.2. The quantitative estimate of drug-likeness (QED) is 0.593. The highest BCUT2D eigenvalue weighted by atomic mass is 28.3. The van der Waals surface area contributed by atoms with Gasteiger partial charge in [-0.25, -0.2) is 0 Å². The molecule has 0 saturated carbocycles. The van der Waals surface area contributed by atoms with Gasteiger partial charge in [-0.3, -0.25) is 0 Å². The summed E-state index contributed by atoms with van der Waals surface area (Å²) >= 11 is 0. The molecule has 2 nitrogen and oxygen atoms in total. The Balaban J connectivity index is 4.62. The van der Waals surface area contributed by atoms with E-state index in [0.29, 0.717) is 0 Å². The molecule has 0 fully saturated rings. The highest BCUT2D eigenvalue weighted by Gasteiger charge is 2.31. The van der Waals surface area contributed by atoms with Crippen LogP contribution in [0.2, 0.25) is 19.6 Å². The van der Waals surface area contributed by atoms with Crippen LogP contribution in [0.3, 0.4) is 0 Å². The lowest BCUT2D eigenvalue weighted by Crippen LogP contribution is -2.40. The van der Waals surface area contributed by atoms with Crippen LogP contribution in [0.15, 0.2) is 0 Å². The van der Waals surface area contributed by atoms with Crippen LogP contribution in [0.25, 0.3) is 0 Å². The van der Waals surface area contributed by atoms with Gasteiger partial charge in [-0.1, -0.05) is 45.3 Å². The molecule has 0 spiro atoms. The van der Waals surface area contributed by atoms with Crippen LogP contribution in [0, 0.1) is 11.5 Å². The molecular weight excluding hydrogens is 216 g/mol. The van der Waals surface area contributed by atoms with E-state index in [2.05, 4.69) is 38.0 Å². The first-order chi connectivity index (χ1) is 7.25. The van der Waals surface area contributed by atoms with Gasteiger partial charge in [0, 0.05) is 7.11 Å². The summed E-state index contributed by atoms with van der Waals surface area (Å²) in [6, 6.07) is 0. The second kappa shape index (κ2) is 6.44. The molecular formula is C13H26O2Si. The molecule has 0 radical (unpaired) electrons. The van der Waals surface area contributed by atoms with Gasteiger partial charge in [0.2, 0.25) is 0 Å². The van der Waals surface area contributed by atoms with Gasteiger partial charge < -0.3 is 9.84 Å². The van der Waals surface area contributed by atoms with Gasteiger partial charge in [0.1, 0.15) is 19.8 Å². The van der Waals surface area contributed by atoms with Crippen LogP contribution in [0.1, 0.15) is 33.1 Å². The Hall–Kier alpha value is -0.303. The van der Waals surface area contributed by atoms with Crippen LogP contribution < -0.4 is 0 Å². The maximum Gasteiger partial charge on any atom is 0.142 e. The molecule has 0 bridgehead atoms. The molecule has 0 rings (SSSR count). The summed E-state index contributed by atoms with van der Waals surface area (Å²) in [6.07, 6.45) is 2.32. The molecule has 0 aromatic heterocycles. The standard InChI is InChI=1S/C13H26O2Si/c1-7-8-10-13(2,15-3)12(14)9-11-16(4,5)6/h12,14H,7-8,10H2,1-6H3/t12-,13-/m1/s1. The molecule has 0 aliphatic carbocycles. The summed E-state index contributed by atoms with van der Waals surface area (Å²) in [5.41, 5.74) is 2.67. The summed E-state index contributed by atoms with van der Waals surface area (Å²) in [7, 11) is 0.228. The lowest BCUT2D eigenvalue weighted by molar-refractivity contribution is -0.0725. The predicted molar refractivity (Wildman–Crippen MR) is 72.1 cm³/mol. The van der Waals surface area contributed by atoms with Crippen LogP contribution >= 0.6 is 0 Å². The zero-order valence-electron chi connectivity index (χ0n) is 11.6. The van der Waals surface area contributed by atoms with E-state index >= 15 is 0 Å². The third kappa shape index (κ3) is 5.69. The first-order valence-electron chi connectivity index (χ1n) is 6.01. The number of ether oxygens (including phenoxy) is 1. The summed E-state index contributed by atoms with van der Waals surface area (Å²) in [6.45, 7) is 10.6. The number of aliphatic hydroxyl groups is 1. The van der Waals surface area contributed by atoms with Gasteiger partial charge >= 0.3 is 0 Å². The molecule has 0 aromatic carbocycles. The SMILES string of the molecule is CCCC[C@@](C)(OC)[C@H](O)C#C[Si](C)(C)C. The van der Waals surface area contributed by atoms with Gasteiger partial charge in [-0.05, 0) is 13.3 Å². The summed E-state index contributed by atoms with van der Waals surface area (Å²) in [5.74, 6) is 2.97. The largest absolute Gasteiger partial charge is 0.377 e. The maximum atomic E-state index is 10.1. The zero-order chi connectivity index (χ0) is 12.8. The minimum atomic E-state index is -1.42. The molecule has 0 heterocycles. The van der Waals surface area contributed by atoms with Gasteiger partial charge in [-0.2, -0.15) is 0 Å². The number of unbranched alkanes of at least 4 members (excludes halogenated alkanes) is 1. The second-order valence-corrected chi connectivity index (χ2v) is 10.3. The van der Waals surface area contributed by atoms with Crippen LogP contribution in [0.4, 0.5) is 0 Å². The third-order valence-corrected chi connectivity index (χ3v) is 3.55. The predicted octanol–water partition coefficient (Wildman–Crippen LogP) is 2.82. The molecule has 2 atom stereocenters. The Bertz CT molecular complexity index is 259. The molecule has 0 aliphatic rings. The smallest absolute Gasteiger partial charge is 0.142 e. The monoisotopic (exact) mass is 242 g/mol. The van der Waals surface area contributed by atoms with E-state index in [4.69, 9.17) is 4.74 Å². The summed E-state index contributed by atoms with van der Waals surface area (Å²) < 4.78 is 5.43. The lowest BCUT2D eigenvalue weighted by Gasteiger charge is -2.30. The van der Waals surface area contributed by atoms with Crippen molar-refractivity contribution in [3.8, 4) is 11.5 Å². The average molecular weight is 242 g/mol. The fraction of sp³-hybridized carbons (Fsp3) is 0.846. The molecule has 0 unspecified atom stereocenters. The molecule has 94 valence electrons. The molecule has 0 saturated heterocycles. The van der Waals surface area contributed by atoms with Gasteiger partial charge in [0.25, 0.3) is 0 Å². The molecule has 0 amide bonds. The number of aliphatic hydroxyl groups excluding tert-OH is 1. The van der Waals surface area contributed by atoms with Gasteiger partial charge in [0.05, 0.1) is 0 Å². The van der Waals surface area contributed by atoms with E-state index in [-0.39, 0.29) is 0 Å². The van der Waals surface area contributed by atoms with Crippen molar-refractivity contribution in [3.05, 3.63) is 0 Å². The van der Waals surface area contributed by atoms with Gasteiger partial charge in [0.15, 0.2) is 0 Å². The Morgan fingerprint density at radius 2 is 1.94 bits per heavy atom. The first-order valence-corrected chi connectivity index (χ1v) is 9.51. The van der Waals surface area contributed by atoms with Crippen molar-refractivity contribution in [1.29, 1.82) is 0 Å². The van der Waals surface area contributed by atoms with E-state index in [0.717, 1.165) is 19.3 Å². The third-order valence-electron chi connectivity index (χ3n) is 2.66. The first kappa shape index (κ1) is 15.7. The summed E-state index contributed by atoms with van der Waals surface area (Å²) in [4.78, 5) is 0.